The molecule has 1 aliphatic rings. The molecule has 1 saturated heterocycles. The molecule has 2 aromatic carbocycles. The fourth-order valence-electron chi connectivity index (χ4n) is 3.36. The highest BCUT2D eigenvalue weighted by atomic mass is 16.2. The minimum Gasteiger partial charge on any atom is -0.347 e. The number of anilines is 1. The zero-order valence-corrected chi connectivity index (χ0v) is 16.0. The molecule has 0 aliphatic carbocycles. The molecule has 0 radical (unpaired) electrons. The number of nitrogens with one attached hydrogen (secondary N) is 2. The highest BCUT2D eigenvalue weighted by molar-refractivity contribution is 5.96. The van der Waals surface area contributed by atoms with E-state index in [9.17, 15) is 14.4 Å². The van der Waals surface area contributed by atoms with Crippen LogP contribution in [0.4, 0.5) is 5.69 Å². The summed E-state index contributed by atoms with van der Waals surface area (Å²) in [6, 6.07) is 17.3. The molecule has 0 spiro atoms. The van der Waals surface area contributed by atoms with Crippen molar-refractivity contribution < 1.29 is 14.4 Å². The van der Waals surface area contributed by atoms with Crippen molar-refractivity contribution in [2.45, 2.75) is 26.3 Å². The maximum Gasteiger partial charge on any atom is 0.243 e. The van der Waals surface area contributed by atoms with Crippen LogP contribution in [-0.4, -0.2) is 35.7 Å². The fourth-order valence-corrected chi connectivity index (χ4v) is 3.36. The van der Waals surface area contributed by atoms with Gasteiger partial charge in [0.15, 0.2) is 0 Å². The average Bonchev–Trinajstić information content (AvgIpc) is 3.08. The normalized spacial score (nSPS) is 16.1. The van der Waals surface area contributed by atoms with Crippen LogP contribution in [0.2, 0.25) is 0 Å². The highest BCUT2D eigenvalue weighted by Gasteiger charge is 2.34. The minimum atomic E-state index is -0.424. The summed E-state index contributed by atoms with van der Waals surface area (Å²) in [5.41, 5.74) is 2.83. The van der Waals surface area contributed by atoms with Crippen molar-refractivity contribution in [2.75, 3.05) is 18.4 Å². The number of aryl methyl sites for hydroxylation is 1. The van der Waals surface area contributed by atoms with Crippen LogP contribution in [0, 0.1) is 5.92 Å². The highest BCUT2D eigenvalue weighted by Crippen LogP contribution is 2.20. The molecule has 6 heteroatoms. The van der Waals surface area contributed by atoms with Gasteiger partial charge in [-0.25, -0.2) is 0 Å². The average molecular weight is 379 g/mol. The van der Waals surface area contributed by atoms with Crippen LogP contribution in [0.3, 0.4) is 0 Å². The molecule has 28 heavy (non-hydrogen) atoms. The molecule has 0 bridgehead atoms. The summed E-state index contributed by atoms with van der Waals surface area (Å²) in [7, 11) is 0. The van der Waals surface area contributed by atoms with Gasteiger partial charge in [0.25, 0.3) is 0 Å². The molecule has 1 fully saturated rings. The van der Waals surface area contributed by atoms with E-state index in [-0.39, 0.29) is 30.7 Å². The second-order valence-electron chi connectivity index (χ2n) is 6.94. The van der Waals surface area contributed by atoms with Crippen LogP contribution in [-0.2, 0) is 27.3 Å². The summed E-state index contributed by atoms with van der Waals surface area (Å²) >= 11 is 0. The molecule has 0 saturated carbocycles. The first kappa shape index (κ1) is 19.6. The number of hydrogen-bond acceptors (Lipinski definition) is 3. The van der Waals surface area contributed by atoms with E-state index in [0.717, 1.165) is 23.2 Å². The van der Waals surface area contributed by atoms with Gasteiger partial charge in [-0.05, 0) is 23.6 Å². The number of carbonyl (C=O) groups excluding carboxylic acids is 3. The maximum atomic E-state index is 12.4. The summed E-state index contributed by atoms with van der Waals surface area (Å²) < 4.78 is 0. The van der Waals surface area contributed by atoms with Crippen molar-refractivity contribution in [3.8, 4) is 0 Å². The maximum absolute atomic E-state index is 12.4. The van der Waals surface area contributed by atoms with Crippen molar-refractivity contribution in [3.63, 3.8) is 0 Å². The topological polar surface area (TPSA) is 78.5 Å². The Kier molecular flexibility index (Phi) is 6.42. The van der Waals surface area contributed by atoms with Crippen LogP contribution >= 0.6 is 0 Å². The van der Waals surface area contributed by atoms with E-state index in [4.69, 9.17) is 0 Å². The Balaban J connectivity index is 1.48. The van der Waals surface area contributed by atoms with E-state index in [2.05, 4.69) is 10.6 Å². The van der Waals surface area contributed by atoms with E-state index in [0.29, 0.717) is 13.1 Å². The molecule has 146 valence electrons. The number of amides is 3. The summed E-state index contributed by atoms with van der Waals surface area (Å²) in [6.07, 6.45) is 0.989. The predicted molar refractivity (Wildman–Crippen MR) is 107 cm³/mol. The molecular weight excluding hydrogens is 354 g/mol. The lowest BCUT2D eigenvalue weighted by atomic mass is 10.1. The van der Waals surface area contributed by atoms with Crippen LogP contribution in [0.1, 0.15) is 24.5 Å². The molecule has 1 heterocycles. The van der Waals surface area contributed by atoms with Gasteiger partial charge in [0.05, 0.1) is 12.5 Å². The van der Waals surface area contributed by atoms with Crippen LogP contribution < -0.4 is 10.6 Å². The third-order valence-electron chi connectivity index (χ3n) is 4.90. The monoisotopic (exact) mass is 379 g/mol. The molecule has 0 unspecified atom stereocenters. The number of para-hydroxylation sites is 1. The number of rotatable bonds is 7. The summed E-state index contributed by atoms with van der Waals surface area (Å²) in [5, 5.41) is 5.48. The first-order valence-electron chi connectivity index (χ1n) is 9.54. The van der Waals surface area contributed by atoms with Gasteiger partial charge in [0.1, 0.15) is 0 Å². The number of likely N-dealkylation sites (tertiary alicyclic amines) is 1. The SMILES string of the molecule is CCc1ccccc1NC(=O)CNC(=O)[C@H]1CC(=O)N(Cc2ccccc2)C1. The number of carbonyl (C=O) groups is 3. The molecule has 3 rings (SSSR count). The second kappa shape index (κ2) is 9.17. The van der Waals surface area contributed by atoms with E-state index < -0.39 is 5.92 Å². The van der Waals surface area contributed by atoms with Gasteiger partial charge in [-0.15, -0.1) is 0 Å². The Morgan fingerprint density at radius 3 is 2.54 bits per heavy atom. The third kappa shape index (κ3) is 4.97. The molecule has 2 aromatic rings. The van der Waals surface area contributed by atoms with Crippen LogP contribution in [0.15, 0.2) is 54.6 Å². The molecule has 3 amide bonds. The summed E-state index contributed by atoms with van der Waals surface area (Å²) in [4.78, 5) is 38.5. The van der Waals surface area contributed by atoms with Gasteiger partial charge in [-0.2, -0.15) is 0 Å². The minimum absolute atomic E-state index is 0.0367. The molecular formula is C22H25N3O3. The second-order valence-corrected chi connectivity index (χ2v) is 6.94. The third-order valence-corrected chi connectivity index (χ3v) is 4.90. The van der Waals surface area contributed by atoms with Gasteiger partial charge < -0.3 is 15.5 Å². The smallest absolute Gasteiger partial charge is 0.243 e. The lowest BCUT2D eigenvalue weighted by Gasteiger charge is -2.16. The zero-order chi connectivity index (χ0) is 19.9. The van der Waals surface area contributed by atoms with Gasteiger partial charge >= 0.3 is 0 Å². The van der Waals surface area contributed by atoms with E-state index in [1.165, 1.54) is 0 Å². The van der Waals surface area contributed by atoms with Crippen molar-refractivity contribution in [2.24, 2.45) is 5.92 Å². The number of hydrogen-bond donors (Lipinski definition) is 2. The first-order chi connectivity index (χ1) is 13.6. The molecule has 1 aliphatic heterocycles. The van der Waals surface area contributed by atoms with E-state index in [1.807, 2.05) is 61.5 Å². The van der Waals surface area contributed by atoms with Gasteiger partial charge in [-0.1, -0.05) is 55.5 Å². The van der Waals surface area contributed by atoms with Crippen molar-refractivity contribution in [1.29, 1.82) is 0 Å². The van der Waals surface area contributed by atoms with Gasteiger partial charge in [0, 0.05) is 25.2 Å². The largest absolute Gasteiger partial charge is 0.347 e. The lowest BCUT2D eigenvalue weighted by Crippen LogP contribution is -2.38. The van der Waals surface area contributed by atoms with Gasteiger partial charge in [0.2, 0.25) is 17.7 Å². The van der Waals surface area contributed by atoms with Crippen molar-refractivity contribution >= 4 is 23.4 Å². The Morgan fingerprint density at radius 1 is 1.07 bits per heavy atom. The molecule has 6 nitrogen and oxygen atoms in total. The van der Waals surface area contributed by atoms with Crippen molar-refractivity contribution in [3.05, 3.63) is 65.7 Å². The fraction of sp³-hybridized carbons (Fsp3) is 0.318. The Morgan fingerprint density at radius 2 is 1.79 bits per heavy atom. The van der Waals surface area contributed by atoms with E-state index in [1.54, 1.807) is 4.90 Å². The predicted octanol–water partition coefficient (Wildman–Crippen LogP) is 2.35. The number of benzene rings is 2. The van der Waals surface area contributed by atoms with Crippen molar-refractivity contribution in [1.82, 2.24) is 10.2 Å². The van der Waals surface area contributed by atoms with Crippen LogP contribution in [0.5, 0.6) is 0 Å². The quantitative estimate of drug-likeness (QED) is 0.775. The van der Waals surface area contributed by atoms with Crippen LogP contribution in [0.25, 0.3) is 0 Å². The molecule has 0 aromatic heterocycles. The summed E-state index contributed by atoms with van der Waals surface area (Å²) in [5.74, 6) is -1.00. The first-order valence-corrected chi connectivity index (χ1v) is 9.54. The molecule has 2 N–H and O–H groups in total. The number of nitrogens with zero attached hydrogens (tertiary/aromatic N) is 1. The molecule has 1 atom stereocenters. The lowest BCUT2D eigenvalue weighted by molar-refractivity contribution is -0.129. The zero-order valence-electron chi connectivity index (χ0n) is 16.0. The Hall–Kier alpha value is -3.15. The Bertz CT molecular complexity index is 851. The van der Waals surface area contributed by atoms with E-state index >= 15 is 0 Å². The Labute approximate surface area is 164 Å². The standard InChI is InChI=1S/C22H25N3O3/c1-2-17-10-6-7-11-19(17)24-20(26)13-23-22(28)18-12-21(27)25(15-18)14-16-8-4-3-5-9-16/h3-11,18H,2,12-15H2,1H3,(H,23,28)(H,24,26)/t18-/m0/s1. The summed E-state index contributed by atoms with van der Waals surface area (Å²) in [6.45, 7) is 2.78. The van der Waals surface area contributed by atoms with Gasteiger partial charge in [-0.3, -0.25) is 14.4 Å².